The van der Waals surface area contributed by atoms with Gasteiger partial charge in [-0.15, -0.1) is 0 Å². The van der Waals surface area contributed by atoms with Crippen LogP contribution in [0.25, 0.3) is 0 Å². The van der Waals surface area contributed by atoms with E-state index >= 15 is 0 Å². The molecule has 0 saturated heterocycles. The number of pyridine rings is 1. The minimum absolute atomic E-state index is 0.0944. The van der Waals surface area contributed by atoms with Crippen LogP contribution in [0.2, 0.25) is 0 Å². The summed E-state index contributed by atoms with van der Waals surface area (Å²) in [6.45, 7) is 2.48. The molecule has 6 heteroatoms. The van der Waals surface area contributed by atoms with Crippen molar-refractivity contribution < 1.29 is 9.59 Å². The molecule has 3 amide bonds. The first kappa shape index (κ1) is 17.9. The average Bonchev–Trinajstić information content (AvgIpc) is 3.48. The molecule has 1 aromatic carbocycles. The third-order valence-corrected chi connectivity index (χ3v) is 4.40. The van der Waals surface area contributed by atoms with E-state index in [4.69, 9.17) is 0 Å². The van der Waals surface area contributed by atoms with E-state index in [1.165, 1.54) is 0 Å². The molecule has 1 aliphatic rings. The molecular formula is C20H24N4O2. The third-order valence-electron chi connectivity index (χ3n) is 4.40. The first-order valence-electron chi connectivity index (χ1n) is 8.96. The Morgan fingerprint density at radius 3 is 2.62 bits per heavy atom. The Bertz CT molecular complexity index is 742. The van der Waals surface area contributed by atoms with Crippen LogP contribution in [0.5, 0.6) is 0 Å². The topological polar surface area (TPSA) is 83.1 Å². The molecule has 1 unspecified atom stereocenters. The van der Waals surface area contributed by atoms with Crippen LogP contribution in [0.15, 0.2) is 48.8 Å². The maximum absolute atomic E-state index is 12.0. The molecule has 1 atom stereocenters. The number of amides is 3. The second-order valence-corrected chi connectivity index (χ2v) is 6.62. The molecule has 6 nitrogen and oxygen atoms in total. The van der Waals surface area contributed by atoms with Crippen molar-refractivity contribution in [3.05, 3.63) is 59.9 Å². The number of nitrogens with zero attached hydrogens (tertiary/aromatic N) is 1. The van der Waals surface area contributed by atoms with E-state index in [9.17, 15) is 9.59 Å². The van der Waals surface area contributed by atoms with Crippen molar-refractivity contribution in [1.82, 2.24) is 15.6 Å². The van der Waals surface area contributed by atoms with Gasteiger partial charge in [0, 0.05) is 30.5 Å². The van der Waals surface area contributed by atoms with Gasteiger partial charge >= 0.3 is 6.03 Å². The largest absolute Gasteiger partial charge is 0.338 e. The number of carbonyl (C=O) groups excluding carboxylic acids is 2. The fourth-order valence-electron chi connectivity index (χ4n) is 2.64. The summed E-state index contributed by atoms with van der Waals surface area (Å²) in [5.74, 6) is 0.280. The number of benzene rings is 1. The van der Waals surface area contributed by atoms with Gasteiger partial charge < -0.3 is 16.0 Å². The summed E-state index contributed by atoms with van der Waals surface area (Å²) in [4.78, 5) is 27.8. The summed E-state index contributed by atoms with van der Waals surface area (Å²) < 4.78 is 0. The van der Waals surface area contributed by atoms with Crippen molar-refractivity contribution in [2.75, 3.05) is 11.9 Å². The molecule has 0 bridgehead atoms. The number of rotatable bonds is 7. The Hall–Kier alpha value is -2.89. The molecule has 1 saturated carbocycles. The van der Waals surface area contributed by atoms with Crippen molar-refractivity contribution >= 4 is 17.6 Å². The molecule has 2 aromatic rings. The molecule has 1 fully saturated rings. The van der Waals surface area contributed by atoms with Crippen LogP contribution < -0.4 is 16.0 Å². The Labute approximate surface area is 153 Å². The van der Waals surface area contributed by atoms with Crippen molar-refractivity contribution in [2.45, 2.75) is 32.2 Å². The van der Waals surface area contributed by atoms with Gasteiger partial charge in [0.15, 0.2) is 0 Å². The molecule has 1 aliphatic carbocycles. The first-order valence-corrected chi connectivity index (χ1v) is 8.96. The Kier molecular flexibility index (Phi) is 5.84. The fourth-order valence-corrected chi connectivity index (χ4v) is 2.64. The third kappa shape index (κ3) is 5.31. The van der Waals surface area contributed by atoms with Gasteiger partial charge in [0.1, 0.15) is 0 Å². The van der Waals surface area contributed by atoms with Crippen molar-refractivity contribution in [3.63, 3.8) is 0 Å². The Morgan fingerprint density at radius 1 is 1.19 bits per heavy atom. The standard InChI is InChI=1S/C20H24N4O2/c1-14(23-20(26)22-12-10-15-3-2-11-21-13-15)16-6-8-18(9-7-16)24-19(25)17-4-5-17/h2-3,6-9,11,13-14,17H,4-5,10,12H2,1H3,(H,24,25)(H2,22,23,26). The van der Waals surface area contributed by atoms with Crippen molar-refractivity contribution in [1.29, 1.82) is 0 Å². The highest BCUT2D eigenvalue weighted by Gasteiger charge is 2.29. The van der Waals surface area contributed by atoms with E-state index in [-0.39, 0.29) is 23.9 Å². The molecule has 1 heterocycles. The van der Waals surface area contributed by atoms with Crippen LogP contribution in [0.4, 0.5) is 10.5 Å². The number of nitrogens with one attached hydrogen (secondary N) is 3. The van der Waals surface area contributed by atoms with Gasteiger partial charge in [-0.25, -0.2) is 4.79 Å². The first-order chi connectivity index (χ1) is 12.6. The average molecular weight is 352 g/mol. The van der Waals surface area contributed by atoms with Crippen LogP contribution in [0, 0.1) is 5.92 Å². The lowest BCUT2D eigenvalue weighted by Gasteiger charge is -2.16. The van der Waals surface area contributed by atoms with E-state index in [1.807, 2.05) is 43.3 Å². The summed E-state index contributed by atoms with van der Waals surface area (Å²) in [5.41, 5.74) is 2.86. The molecule has 0 aliphatic heterocycles. The molecule has 3 N–H and O–H groups in total. The van der Waals surface area contributed by atoms with Gasteiger partial charge in [0.2, 0.25) is 5.91 Å². The van der Waals surface area contributed by atoms with Crippen molar-refractivity contribution in [2.24, 2.45) is 5.92 Å². The van der Waals surface area contributed by atoms with E-state index in [0.29, 0.717) is 6.54 Å². The van der Waals surface area contributed by atoms with E-state index in [2.05, 4.69) is 20.9 Å². The van der Waals surface area contributed by atoms with Gasteiger partial charge in [-0.1, -0.05) is 18.2 Å². The summed E-state index contributed by atoms with van der Waals surface area (Å²) >= 11 is 0. The highest BCUT2D eigenvalue weighted by Crippen LogP contribution is 2.30. The molecular weight excluding hydrogens is 328 g/mol. The predicted octanol–water partition coefficient (Wildman–Crippen LogP) is 3.03. The zero-order chi connectivity index (χ0) is 18.4. The second kappa shape index (κ2) is 8.47. The van der Waals surface area contributed by atoms with Crippen molar-refractivity contribution in [3.8, 4) is 0 Å². The van der Waals surface area contributed by atoms with Gasteiger partial charge in [-0.3, -0.25) is 9.78 Å². The fraction of sp³-hybridized carbons (Fsp3) is 0.350. The van der Waals surface area contributed by atoms with Gasteiger partial charge in [-0.05, 0) is 55.5 Å². The van der Waals surface area contributed by atoms with Crippen LogP contribution in [-0.2, 0) is 11.2 Å². The number of aromatic nitrogens is 1. The lowest BCUT2D eigenvalue weighted by molar-refractivity contribution is -0.117. The normalized spacial score (nSPS) is 14.3. The highest BCUT2D eigenvalue weighted by molar-refractivity contribution is 5.94. The van der Waals surface area contributed by atoms with Crippen LogP contribution >= 0.6 is 0 Å². The maximum Gasteiger partial charge on any atom is 0.315 e. The molecule has 1 aromatic heterocycles. The lowest BCUT2D eigenvalue weighted by atomic mass is 10.1. The Balaban J connectivity index is 1.42. The molecule has 26 heavy (non-hydrogen) atoms. The van der Waals surface area contributed by atoms with Gasteiger partial charge in [-0.2, -0.15) is 0 Å². The number of carbonyl (C=O) groups is 2. The van der Waals surface area contributed by atoms with E-state index < -0.39 is 0 Å². The SMILES string of the molecule is CC(NC(=O)NCCc1cccnc1)c1ccc(NC(=O)C2CC2)cc1. The molecule has 3 rings (SSSR count). The molecule has 136 valence electrons. The summed E-state index contributed by atoms with van der Waals surface area (Å²) in [6, 6.07) is 11.1. The lowest BCUT2D eigenvalue weighted by Crippen LogP contribution is -2.38. The summed E-state index contributed by atoms with van der Waals surface area (Å²) in [7, 11) is 0. The van der Waals surface area contributed by atoms with Crippen LogP contribution in [0.1, 0.15) is 36.9 Å². The number of urea groups is 1. The van der Waals surface area contributed by atoms with E-state index in [1.54, 1.807) is 12.4 Å². The van der Waals surface area contributed by atoms with Gasteiger partial charge in [0.05, 0.1) is 6.04 Å². The second-order valence-electron chi connectivity index (χ2n) is 6.62. The predicted molar refractivity (Wildman–Crippen MR) is 101 cm³/mol. The molecule has 0 radical (unpaired) electrons. The highest BCUT2D eigenvalue weighted by atomic mass is 16.2. The van der Waals surface area contributed by atoms with Crippen LogP contribution in [-0.4, -0.2) is 23.5 Å². The summed E-state index contributed by atoms with van der Waals surface area (Å²) in [6.07, 6.45) is 6.24. The van der Waals surface area contributed by atoms with Gasteiger partial charge in [0.25, 0.3) is 0 Å². The van der Waals surface area contributed by atoms with Crippen LogP contribution in [0.3, 0.4) is 0 Å². The monoisotopic (exact) mass is 352 g/mol. The number of hydrogen-bond acceptors (Lipinski definition) is 3. The minimum atomic E-state index is -0.201. The van der Waals surface area contributed by atoms with E-state index in [0.717, 1.165) is 36.1 Å². The summed E-state index contributed by atoms with van der Waals surface area (Å²) in [5, 5.41) is 8.68. The maximum atomic E-state index is 12.0. The molecule has 0 spiro atoms. The Morgan fingerprint density at radius 2 is 1.96 bits per heavy atom. The zero-order valence-corrected chi connectivity index (χ0v) is 14.9. The smallest absolute Gasteiger partial charge is 0.315 e. The minimum Gasteiger partial charge on any atom is -0.338 e. The quantitative estimate of drug-likeness (QED) is 0.716. The number of anilines is 1. The zero-order valence-electron chi connectivity index (χ0n) is 14.9. The number of hydrogen-bond donors (Lipinski definition) is 3.